The predicted octanol–water partition coefficient (Wildman–Crippen LogP) is 3.81. The molecule has 0 atom stereocenters. The molecule has 0 saturated heterocycles. The molecule has 0 amide bonds. The van der Waals surface area contributed by atoms with Gasteiger partial charge in [0.2, 0.25) is 0 Å². The quantitative estimate of drug-likeness (QED) is 0.710. The van der Waals surface area contributed by atoms with E-state index >= 15 is 0 Å². The monoisotopic (exact) mass is 288 g/mol. The first-order chi connectivity index (χ1) is 10.2. The molecule has 0 aliphatic carbocycles. The molecule has 0 radical (unpaired) electrons. The second-order valence-electron chi connectivity index (χ2n) is 6.05. The smallest absolute Gasteiger partial charge is 0.0645 e. The minimum Gasteiger partial charge on any atom is -0.379 e. The molecule has 116 valence electrons. The van der Waals surface area contributed by atoms with Crippen molar-refractivity contribution in [2.45, 2.75) is 40.3 Å². The number of rotatable bonds is 9. The zero-order valence-corrected chi connectivity index (χ0v) is 13.6. The van der Waals surface area contributed by atoms with Gasteiger partial charge in [-0.15, -0.1) is 0 Å². The van der Waals surface area contributed by atoms with E-state index in [-0.39, 0.29) is 0 Å². The second kappa shape index (κ2) is 8.20. The lowest BCUT2D eigenvalue weighted by atomic mass is 10.1. The minimum atomic E-state index is 0.601. The van der Waals surface area contributed by atoms with Crippen LogP contribution < -0.4 is 5.32 Å². The van der Waals surface area contributed by atoms with E-state index in [1.165, 1.54) is 22.9 Å². The SMILES string of the molecule is CCCNCc1ccc2c(ccn2CCOCC(C)C)c1. The third-order valence-corrected chi connectivity index (χ3v) is 3.52. The Hall–Kier alpha value is -1.32. The van der Waals surface area contributed by atoms with Gasteiger partial charge in [-0.1, -0.05) is 26.8 Å². The summed E-state index contributed by atoms with van der Waals surface area (Å²) in [4.78, 5) is 0. The number of nitrogens with zero attached hydrogens (tertiary/aromatic N) is 1. The summed E-state index contributed by atoms with van der Waals surface area (Å²) in [5, 5.41) is 4.76. The Bertz CT molecular complexity index is 545. The summed E-state index contributed by atoms with van der Waals surface area (Å²) in [6.45, 7) is 11.1. The van der Waals surface area contributed by atoms with Crippen molar-refractivity contribution >= 4 is 10.9 Å². The molecule has 0 unspecified atom stereocenters. The molecular formula is C18H28N2O. The Morgan fingerprint density at radius 3 is 2.86 bits per heavy atom. The van der Waals surface area contributed by atoms with Crippen molar-refractivity contribution in [3.05, 3.63) is 36.0 Å². The summed E-state index contributed by atoms with van der Waals surface area (Å²) in [5.41, 5.74) is 2.65. The molecule has 1 aromatic heterocycles. The van der Waals surface area contributed by atoms with E-state index in [2.05, 4.69) is 61.1 Å². The van der Waals surface area contributed by atoms with Crippen LogP contribution in [0.1, 0.15) is 32.8 Å². The van der Waals surface area contributed by atoms with Gasteiger partial charge in [0.05, 0.1) is 6.61 Å². The lowest BCUT2D eigenvalue weighted by molar-refractivity contribution is 0.104. The Labute approximate surface area is 128 Å². The maximum atomic E-state index is 5.68. The molecular weight excluding hydrogens is 260 g/mol. The van der Waals surface area contributed by atoms with Crippen molar-refractivity contribution in [1.82, 2.24) is 9.88 Å². The Kier molecular flexibility index (Phi) is 6.27. The van der Waals surface area contributed by atoms with E-state index in [0.717, 1.165) is 32.8 Å². The zero-order chi connectivity index (χ0) is 15.1. The van der Waals surface area contributed by atoms with Crippen LogP contribution in [0.15, 0.2) is 30.5 Å². The topological polar surface area (TPSA) is 26.2 Å². The Morgan fingerprint density at radius 2 is 2.10 bits per heavy atom. The van der Waals surface area contributed by atoms with E-state index in [0.29, 0.717) is 5.92 Å². The fourth-order valence-electron chi connectivity index (χ4n) is 2.45. The highest BCUT2D eigenvalue weighted by molar-refractivity contribution is 5.80. The molecule has 2 aromatic rings. The average Bonchev–Trinajstić information content (AvgIpc) is 2.86. The van der Waals surface area contributed by atoms with Gasteiger partial charge in [-0.05, 0) is 48.0 Å². The molecule has 1 aromatic carbocycles. The molecule has 0 fully saturated rings. The van der Waals surface area contributed by atoms with Gasteiger partial charge in [-0.2, -0.15) is 0 Å². The third kappa shape index (κ3) is 4.87. The summed E-state index contributed by atoms with van der Waals surface area (Å²) >= 11 is 0. The van der Waals surface area contributed by atoms with Crippen molar-refractivity contribution in [3.8, 4) is 0 Å². The molecule has 1 N–H and O–H groups in total. The molecule has 0 spiro atoms. The molecule has 0 bridgehead atoms. The van der Waals surface area contributed by atoms with Gasteiger partial charge in [0, 0.05) is 31.4 Å². The zero-order valence-electron chi connectivity index (χ0n) is 13.6. The molecule has 21 heavy (non-hydrogen) atoms. The molecule has 0 aliphatic rings. The van der Waals surface area contributed by atoms with Gasteiger partial charge < -0.3 is 14.6 Å². The number of aromatic nitrogens is 1. The highest BCUT2D eigenvalue weighted by Gasteiger charge is 2.03. The number of fused-ring (bicyclic) bond motifs is 1. The molecule has 0 aliphatic heterocycles. The fourth-order valence-corrected chi connectivity index (χ4v) is 2.45. The number of hydrogen-bond donors (Lipinski definition) is 1. The number of benzene rings is 1. The van der Waals surface area contributed by atoms with Gasteiger partial charge >= 0.3 is 0 Å². The van der Waals surface area contributed by atoms with Gasteiger partial charge in [-0.3, -0.25) is 0 Å². The van der Waals surface area contributed by atoms with E-state index < -0.39 is 0 Å². The Balaban J connectivity index is 1.93. The molecule has 0 saturated carbocycles. The van der Waals surface area contributed by atoms with Crippen molar-refractivity contribution in [3.63, 3.8) is 0 Å². The normalized spacial score (nSPS) is 11.6. The molecule has 1 heterocycles. The van der Waals surface area contributed by atoms with Crippen LogP contribution in [-0.2, 0) is 17.8 Å². The minimum absolute atomic E-state index is 0.601. The van der Waals surface area contributed by atoms with E-state index in [1.807, 2.05) is 0 Å². The first-order valence-electron chi connectivity index (χ1n) is 8.07. The highest BCUT2D eigenvalue weighted by Crippen LogP contribution is 2.17. The maximum absolute atomic E-state index is 5.68. The highest BCUT2D eigenvalue weighted by atomic mass is 16.5. The average molecular weight is 288 g/mol. The van der Waals surface area contributed by atoms with Crippen molar-refractivity contribution < 1.29 is 4.74 Å². The van der Waals surface area contributed by atoms with E-state index in [9.17, 15) is 0 Å². The van der Waals surface area contributed by atoms with Crippen LogP contribution in [0.3, 0.4) is 0 Å². The Morgan fingerprint density at radius 1 is 1.24 bits per heavy atom. The van der Waals surface area contributed by atoms with Gasteiger partial charge in [0.25, 0.3) is 0 Å². The van der Waals surface area contributed by atoms with E-state index in [4.69, 9.17) is 4.74 Å². The van der Waals surface area contributed by atoms with Gasteiger partial charge in [-0.25, -0.2) is 0 Å². The summed E-state index contributed by atoms with van der Waals surface area (Å²) in [5.74, 6) is 0.601. The van der Waals surface area contributed by atoms with Crippen LogP contribution in [0, 0.1) is 5.92 Å². The van der Waals surface area contributed by atoms with Crippen molar-refractivity contribution in [2.24, 2.45) is 5.92 Å². The maximum Gasteiger partial charge on any atom is 0.0645 e. The molecule has 3 nitrogen and oxygen atoms in total. The molecule has 2 rings (SSSR count). The number of nitrogens with one attached hydrogen (secondary N) is 1. The predicted molar refractivity (Wildman–Crippen MR) is 89.6 cm³/mol. The summed E-state index contributed by atoms with van der Waals surface area (Å²) in [6, 6.07) is 8.92. The first kappa shape index (κ1) is 16.1. The van der Waals surface area contributed by atoms with Crippen LogP contribution in [-0.4, -0.2) is 24.3 Å². The van der Waals surface area contributed by atoms with Gasteiger partial charge in [0.1, 0.15) is 0 Å². The number of hydrogen-bond acceptors (Lipinski definition) is 2. The standard InChI is InChI=1S/C18H28N2O/c1-4-8-19-13-16-5-6-18-17(12-16)7-9-20(18)10-11-21-14-15(2)3/h5-7,9,12,15,19H,4,8,10-11,13-14H2,1-3H3. The summed E-state index contributed by atoms with van der Waals surface area (Å²) in [6.07, 6.45) is 3.33. The van der Waals surface area contributed by atoms with Crippen LogP contribution in [0.25, 0.3) is 10.9 Å². The largest absolute Gasteiger partial charge is 0.379 e. The van der Waals surface area contributed by atoms with Crippen LogP contribution >= 0.6 is 0 Å². The van der Waals surface area contributed by atoms with Crippen molar-refractivity contribution in [1.29, 1.82) is 0 Å². The van der Waals surface area contributed by atoms with E-state index in [1.54, 1.807) is 0 Å². The number of ether oxygens (including phenoxy) is 1. The van der Waals surface area contributed by atoms with Crippen LogP contribution in [0.4, 0.5) is 0 Å². The fraction of sp³-hybridized carbons (Fsp3) is 0.556. The summed E-state index contributed by atoms with van der Waals surface area (Å²) < 4.78 is 7.95. The first-order valence-corrected chi connectivity index (χ1v) is 8.07. The van der Waals surface area contributed by atoms with Crippen molar-refractivity contribution in [2.75, 3.05) is 19.8 Å². The van der Waals surface area contributed by atoms with Gasteiger partial charge in [0.15, 0.2) is 0 Å². The second-order valence-corrected chi connectivity index (χ2v) is 6.05. The van der Waals surface area contributed by atoms with Crippen LogP contribution in [0.2, 0.25) is 0 Å². The van der Waals surface area contributed by atoms with Crippen LogP contribution in [0.5, 0.6) is 0 Å². The lowest BCUT2D eigenvalue weighted by Gasteiger charge is -2.09. The molecule has 3 heteroatoms. The lowest BCUT2D eigenvalue weighted by Crippen LogP contribution is -2.13. The third-order valence-electron chi connectivity index (χ3n) is 3.52. The summed E-state index contributed by atoms with van der Waals surface area (Å²) in [7, 11) is 0.